The van der Waals surface area contributed by atoms with Crippen LogP contribution in [0.2, 0.25) is 0 Å². The van der Waals surface area contributed by atoms with Gasteiger partial charge in [-0.05, 0) is 49.5 Å². The molecular weight excluding hydrogens is 262 g/mol. The summed E-state index contributed by atoms with van der Waals surface area (Å²) in [6.07, 6.45) is 5.42. The van der Waals surface area contributed by atoms with Crippen LogP contribution in [0.1, 0.15) is 18.4 Å². The van der Waals surface area contributed by atoms with Crippen LogP contribution in [0.15, 0.2) is 24.5 Å². The van der Waals surface area contributed by atoms with E-state index in [0.717, 1.165) is 31.5 Å². The Hall–Kier alpha value is -0.980. The van der Waals surface area contributed by atoms with E-state index in [4.69, 9.17) is 0 Å². The second kappa shape index (κ2) is 6.45. The summed E-state index contributed by atoms with van der Waals surface area (Å²) in [6, 6.07) is 3.68. The number of rotatable bonds is 5. The van der Waals surface area contributed by atoms with Crippen molar-refractivity contribution >= 4 is 10.0 Å². The fourth-order valence-corrected chi connectivity index (χ4v) is 3.82. The van der Waals surface area contributed by atoms with Gasteiger partial charge in [0.15, 0.2) is 0 Å². The molecule has 0 saturated carbocycles. The van der Waals surface area contributed by atoms with E-state index in [1.807, 2.05) is 12.1 Å². The smallest absolute Gasteiger partial charge is 0.214 e. The van der Waals surface area contributed by atoms with E-state index in [2.05, 4.69) is 10.3 Å². The molecule has 0 aromatic carbocycles. The van der Waals surface area contributed by atoms with Crippen LogP contribution in [0.25, 0.3) is 0 Å². The standard InChI is InChI=1S/C13H21N3O2S/c1-16(10-12-4-7-14-8-5-12)19(17,18)11-13-3-2-6-15-9-13/h4-5,7-8,13,15H,2-3,6,9-11H2,1H3. The maximum atomic E-state index is 12.3. The van der Waals surface area contributed by atoms with Crippen molar-refractivity contribution in [2.45, 2.75) is 19.4 Å². The maximum absolute atomic E-state index is 12.3. The fourth-order valence-electron chi connectivity index (χ4n) is 2.33. The largest absolute Gasteiger partial charge is 0.316 e. The predicted octanol–water partition coefficient (Wildman–Crippen LogP) is 0.843. The second-order valence-corrected chi connectivity index (χ2v) is 7.22. The van der Waals surface area contributed by atoms with Gasteiger partial charge in [-0.3, -0.25) is 4.98 Å². The zero-order valence-electron chi connectivity index (χ0n) is 11.2. The molecule has 19 heavy (non-hydrogen) atoms. The van der Waals surface area contributed by atoms with Crippen molar-refractivity contribution in [3.8, 4) is 0 Å². The van der Waals surface area contributed by atoms with Crippen molar-refractivity contribution in [1.82, 2.24) is 14.6 Å². The normalized spacial score (nSPS) is 20.6. The van der Waals surface area contributed by atoms with E-state index in [1.54, 1.807) is 19.4 Å². The van der Waals surface area contributed by atoms with E-state index < -0.39 is 10.0 Å². The Morgan fingerprint density at radius 2 is 2.16 bits per heavy atom. The molecule has 0 bridgehead atoms. The van der Waals surface area contributed by atoms with Crippen LogP contribution in [0, 0.1) is 5.92 Å². The molecule has 0 aliphatic carbocycles. The molecule has 1 aliphatic heterocycles. The molecule has 2 rings (SSSR count). The topological polar surface area (TPSA) is 62.3 Å². The van der Waals surface area contributed by atoms with Crippen molar-refractivity contribution in [2.24, 2.45) is 5.92 Å². The first-order valence-electron chi connectivity index (χ1n) is 6.61. The van der Waals surface area contributed by atoms with E-state index in [0.29, 0.717) is 6.54 Å². The van der Waals surface area contributed by atoms with Gasteiger partial charge in [0.1, 0.15) is 0 Å². The molecule has 0 spiro atoms. The molecule has 6 heteroatoms. The Morgan fingerprint density at radius 3 is 2.79 bits per heavy atom. The first-order valence-corrected chi connectivity index (χ1v) is 8.22. The Morgan fingerprint density at radius 1 is 1.42 bits per heavy atom. The quantitative estimate of drug-likeness (QED) is 0.870. The minimum Gasteiger partial charge on any atom is -0.316 e. The molecule has 1 aliphatic rings. The monoisotopic (exact) mass is 283 g/mol. The summed E-state index contributed by atoms with van der Waals surface area (Å²) in [5.41, 5.74) is 0.961. The summed E-state index contributed by atoms with van der Waals surface area (Å²) in [4.78, 5) is 3.93. The van der Waals surface area contributed by atoms with Gasteiger partial charge < -0.3 is 5.32 Å². The first-order chi connectivity index (χ1) is 9.08. The number of hydrogen-bond acceptors (Lipinski definition) is 4. The number of piperidine rings is 1. The molecule has 1 fully saturated rings. The SMILES string of the molecule is CN(Cc1ccncc1)S(=O)(=O)CC1CCCNC1. The van der Waals surface area contributed by atoms with Gasteiger partial charge in [-0.2, -0.15) is 0 Å². The number of nitrogens with zero attached hydrogens (tertiary/aromatic N) is 2. The van der Waals surface area contributed by atoms with Crippen LogP contribution in [0.3, 0.4) is 0 Å². The van der Waals surface area contributed by atoms with Crippen LogP contribution in [0.5, 0.6) is 0 Å². The summed E-state index contributed by atoms with van der Waals surface area (Å²) in [5.74, 6) is 0.473. The lowest BCUT2D eigenvalue weighted by molar-refractivity contribution is 0.391. The summed E-state index contributed by atoms with van der Waals surface area (Å²) in [5, 5.41) is 3.25. The molecule has 0 amide bonds. The molecule has 2 heterocycles. The lowest BCUT2D eigenvalue weighted by Crippen LogP contribution is -2.38. The van der Waals surface area contributed by atoms with Crippen LogP contribution in [-0.2, 0) is 16.6 Å². The van der Waals surface area contributed by atoms with Gasteiger partial charge in [-0.1, -0.05) is 0 Å². The van der Waals surface area contributed by atoms with E-state index >= 15 is 0 Å². The average Bonchev–Trinajstić information content (AvgIpc) is 2.40. The van der Waals surface area contributed by atoms with E-state index in [1.165, 1.54) is 4.31 Å². The number of nitrogens with one attached hydrogen (secondary N) is 1. The number of sulfonamides is 1. The third-order valence-electron chi connectivity index (χ3n) is 3.47. The average molecular weight is 283 g/mol. The maximum Gasteiger partial charge on any atom is 0.214 e. The Labute approximate surface area is 115 Å². The summed E-state index contributed by atoms with van der Waals surface area (Å²) in [7, 11) is -1.54. The highest BCUT2D eigenvalue weighted by Crippen LogP contribution is 2.15. The third-order valence-corrected chi connectivity index (χ3v) is 5.45. The molecule has 1 atom stereocenters. The van der Waals surface area contributed by atoms with Crippen molar-refractivity contribution in [3.63, 3.8) is 0 Å². The van der Waals surface area contributed by atoms with Gasteiger partial charge in [0, 0.05) is 26.0 Å². The van der Waals surface area contributed by atoms with Crippen molar-refractivity contribution in [2.75, 3.05) is 25.9 Å². The Bertz CT molecular complexity index is 484. The van der Waals surface area contributed by atoms with Crippen molar-refractivity contribution in [3.05, 3.63) is 30.1 Å². The molecule has 1 saturated heterocycles. The number of hydrogen-bond donors (Lipinski definition) is 1. The second-order valence-electron chi connectivity index (χ2n) is 5.10. The Balaban J connectivity index is 1.94. The minimum atomic E-state index is -3.19. The first kappa shape index (κ1) is 14.4. The highest BCUT2D eigenvalue weighted by atomic mass is 32.2. The molecule has 1 unspecified atom stereocenters. The molecule has 106 valence electrons. The van der Waals surface area contributed by atoms with Crippen LogP contribution in [-0.4, -0.2) is 43.6 Å². The number of pyridine rings is 1. The molecule has 5 nitrogen and oxygen atoms in total. The lowest BCUT2D eigenvalue weighted by Gasteiger charge is -2.25. The van der Waals surface area contributed by atoms with Gasteiger partial charge in [0.2, 0.25) is 10.0 Å². The summed E-state index contributed by atoms with van der Waals surface area (Å²) < 4.78 is 26.0. The van der Waals surface area contributed by atoms with Gasteiger partial charge >= 0.3 is 0 Å². The third kappa shape index (κ3) is 4.26. The van der Waals surface area contributed by atoms with Gasteiger partial charge in [0.25, 0.3) is 0 Å². The van der Waals surface area contributed by atoms with Crippen LogP contribution in [0.4, 0.5) is 0 Å². The number of aromatic nitrogens is 1. The van der Waals surface area contributed by atoms with Crippen molar-refractivity contribution in [1.29, 1.82) is 0 Å². The Kier molecular flexibility index (Phi) is 4.90. The highest BCUT2D eigenvalue weighted by Gasteiger charge is 2.24. The fraction of sp³-hybridized carbons (Fsp3) is 0.615. The van der Waals surface area contributed by atoms with Gasteiger partial charge in [-0.25, -0.2) is 12.7 Å². The molecular formula is C13H21N3O2S. The van der Waals surface area contributed by atoms with E-state index in [9.17, 15) is 8.42 Å². The van der Waals surface area contributed by atoms with Crippen LogP contribution >= 0.6 is 0 Å². The summed E-state index contributed by atoms with van der Waals surface area (Å²) in [6.45, 7) is 2.22. The predicted molar refractivity (Wildman–Crippen MR) is 75.1 cm³/mol. The van der Waals surface area contributed by atoms with E-state index in [-0.39, 0.29) is 11.7 Å². The molecule has 1 N–H and O–H groups in total. The van der Waals surface area contributed by atoms with Gasteiger partial charge in [0.05, 0.1) is 5.75 Å². The van der Waals surface area contributed by atoms with Crippen LogP contribution < -0.4 is 5.32 Å². The molecule has 0 radical (unpaired) electrons. The van der Waals surface area contributed by atoms with Crippen molar-refractivity contribution < 1.29 is 8.42 Å². The zero-order valence-corrected chi connectivity index (χ0v) is 12.1. The highest BCUT2D eigenvalue weighted by molar-refractivity contribution is 7.89. The zero-order chi connectivity index (χ0) is 13.7. The lowest BCUT2D eigenvalue weighted by atomic mass is 10.0. The molecule has 1 aromatic heterocycles. The minimum absolute atomic E-state index is 0.235. The summed E-state index contributed by atoms with van der Waals surface area (Å²) >= 11 is 0. The van der Waals surface area contributed by atoms with Gasteiger partial charge in [-0.15, -0.1) is 0 Å². The molecule has 1 aromatic rings.